The Balaban J connectivity index is 1.71. The molecule has 0 unspecified atom stereocenters. The molecule has 0 radical (unpaired) electrons. The van der Waals surface area contributed by atoms with Gasteiger partial charge in [-0.05, 0) is 36.8 Å². The van der Waals surface area contributed by atoms with Crippen molar-refractivity contribution in [3.63, 3.8) is 0 Å². The first kappa shape index (κ1) is 16.2. The van der Waals surface area contributed by atoms with Crippen LogP contribution in [0.4, 0.5) is 5.82 Å². The van der Waals surface area contributed by atoms with Crippen LogP contribution in [0, 0.1) is 6.92 Å². The number of fused-ring (bicyclic) bond motifs is 1. The van der Waals surface area contributed by atoms with Gasteiger partial charge in [-0.3, -0.25) is 5.43 Å². The van der Waals surface area contributed by atoms with Crippen LogP contribution in [0.1, 0.15) is 11.3 Å². The molecule has 1 N–H and O–H groups in total. The first-order valence-corrected chi connectivity index (χ1v) is 8.40. The third-order valence-electron chi connectivity index (χ3n) is 3.89. The number of hydrogen-bond acceptors (Lipinski definition) is 5. The summed E-state index contributed by atoms with van der Waals surface area (Å²) in [6.45, 7) is 1.92. The lowest BCUT2D eigenvalue weighted by molar-refractivity contribution is 0.876. The molecule has 6 nitrogen and oxygen atoms in total. The second-order valence-corrected chi connectivity index (χ2v) is 6.11. The third kappa shape index (κ3) is 3.14. The molecule has 0 aliphatic carbocycles. The molecular formula is C19H15ClN6. The number of anilines is 1. The normalized spacial score (nSPS) is 11.3. The molecule has 26 heavy (non-hydrogen) atoms. The van der Waals surface area contributed by atoms with Crippen LogP contribution in [0.3, 0.4) is 0 Å². The largest absolute Gasteiger partial charge is 0.261 e. The zero-order valence-electron chi connectivity index (χ0n) is 14.0. The van der Waals surface area contributed by atoms with Gasteiger partial charge in [-0.1, -0.05) is 41.9 Å². The van der Waals surface area contributed by atoms with Crippen molar-refractivity contribution < 1.29 is 0 Å². The Morgan fingerprint density at radius 1 is 1.04 bits per heavy atom. The lowest BCUT2D eigenvalue weighted by Gasteiger charge is -2.04. The molecule has 2 heterocycles. The van der Waals surface area contributed by atoms with Gasteiger partial charge >= 0.3 is 0 Å². The topological polar surface area (TPSA) is 68.0 Å². The predicted molar refractivity (Wildman–Crippen MR) is 104 cm³/mol. The summed E-state index contributed by atoms with van der Waals surface area (Å²) >= 11 is 5.97. The van der Waals surface area contributed by atoms with Gasteiger partial charge in [0.05, 0.1) is 23.0 Å². The molecule has 2 aromatic heterocycles. The van der Waals surface area contributed by atoms with E-state index in [1.165, 1.54) is 6.33 Å². The smallest absolute Gasteiger partial charge is 0.168 e. The number of benzene rings is 2. The van der Waals surface area contributed by atoms with E-state index in [1.807, 2.05) is 61.5 Å². The fourth-order valence-electron chi connectivity index (χ4n) is 2.67. The van der Waals surface area contributed by atoms with E-state index in [2.05, 4.69) is 25.6 Å². The number of rotatable bonds is 4. The van der Waals surface area contributed by atoms with E-state index in [-0.39, 0.29) is 0 Å². The minimum absolute atomic E-state index is 0.611. The Morgan fingerprint density at radius 2 is 1.81 bits per heavy atom. The summed E-state index contributed by atoms with van der Waals surface area (Å²) in [4.78, 5) is 8.70. The molecule has 0 aliphatic heterocycles. The molecule has 4 aromatic rings. The van der Waals surface area contributed by atoms with Gasteiger partial charge in [-0.2, -0.15) is 10.2 Å². The quantitative estimate of drug-likeness (QED) is 0.436. The highest BCUT2D eigenvalue weighted by atomic mass is 35.5. The third-order valence-corrected chi connectivity index (χ3v) is 4.15. The first-order valence-electron chi connectivity index (χ1n) is 8.03. The van der Waals surface area contributed by atoms with Gasteiger partial charge in [0.25, 0.3) is 0 Å². The van der Waals surface area contributed by atoms with E-state index in [0.29, 0.717) is 16.5 Å². The van der Waals surface area contributed by atoms with E-state index in [9.17, 15) is 0 Å². The summed E-state index contributed by atoms with van der Waals surface area (Å²) in [5.41, 5.74) is 6.39. The fourth-order valence-corrected chi connectivity index (χ4v) is 2.80. The van der Waals surface area contributed by atoms with Crippen LogP contribution in [0.5, 0.6) is 0 Å². The Hall–Kier alpha value is -3.25. The molecule has 2 aromatic carbocycles. The van der Waals surface area contributed by atoms with Crippen molar-refractivity contribution in [3.05, 3.63) is 77.2 Å². The minimum Gasteiger partial charge on any atom is -0.261 e. The molecule has 128 valence electrons. The van der Waals surface area contributed by atoms with E-state index in [4.69, 9.17) is 11.6 Å². The van der Waals surface area contributed by atoms with E-state index < -0.39 is 0 Å². The highest BCUT2D eigenvalue weighted by Crippen LogP contribution is 2.25. The lowest BCUT2D eigenvalue weighted by Crippen LogP contribution is -1.99. The van der Waals surface area contributed by atoms with Crippen molar-refractivity contribution in [1.29, 1.82) is 0 Å². The van der Waals surface area contributed by atoms with Crippen molar-refractivity contribution in [2.24, 2.45) is 5.10 Å². The number of hydrazone groups is 1. The maximum absolute atomic E-state index is 5.97. The minimum atomic E-state index is 0.611. The Bertz CT molecular complexity index is 1070. The number of aryl methyl sites for hydroxylation is 1. The summed E-state index contributed by atoms with van der Waals surface area (Å²) in [6, 6.07) is 17.3. The molecule has 0 amide bonds. The molecule has 0 aliphatic rings. The van der Waals surface area contributed by atoms with Crippen LogP contribution in [0.25, 0.3) is 16.7 Å². The maximum atomic E-state index is 5.97. The predicted octanol–water partition coefficient (Wildman–Crippen LogP) is 4.22. The van der Waals surface area contributed by atoms with Gasteiger partial charge in [0.2, 0.25) is 0 Å². The summed E-state index contributed by atoms with van der Waals surface area (Å²) in [7, 11) is 0. The van der Waals surface area contributed by atoms with Crippen molar-refractivity contribution >= 4 is 34.7 Å². The summed E-state index contributed by atoms with van der Waals surface area (Å²) < 4.78 is 1.77. The lowest BCUT2D eigenvalue weighted by atomic mass is 10.2. The Labute approximate surface area is 155 Å². The zero-order chi connectivity index (χ0) is 17.9. The van der Waals surface area contributed by atoms with Crippen molar-refractivity contribution in [1.82, 2.24) is 19.7 Å². The number of nitrogens with zero attached hydrogens (tertiary/aromatic N) is 5. The number of hydrogen-bond donors (Lipinski definition) is 1. The highest BCUT2D eigenvalue weighted by Gasteiger charge is 2.14. The number of halogens is 1. The SMILES string of the molecule is Cc1nn(-c2ccc(Cl)cc2)c2ncnc(N/N=C/c3ccccc3)c12. The van der Waals surface area contributed by atoms with Crippen LogP contribution < -0.4 is 5.43 Å². The molecule has 0 spiro atoms. The number of nitrogens with one attached hydrogen (secondary N) is 1. The molecule has 0 atom stereocenters. The standard InChI is InChI=1S/C19H15ClN6/c1-13-17-18(24-23-11-14-5-3-2-4-6-14)21-12-22-19(17)26(25-13)16-9-7-15(20)8-10-16/h2-12H,1H3,(H,21,22,24)/b23-11+. The molecule has 0 saturated carbocycles. The summed E-state index contributed by atoms with van der Waals surface area (Å²) in [6.07, 6.45) is 3.24. The van der Waals surface area contributed by atoms with Gasteiger partial charge in [-0.25, -0.2) is 14.6 Å². The molecular weight excluding hydrogens is 348 g/mol. The van der Waals surface area contributed by atoms with Gasteiger partial charge in [0.15, 0.2) is 11.5 Å². The molecule has 0 bridgehead atoms. The monoisotopic (exact) mass is 362 g/mol. The van der Waals surface area contributed by atoms with Gasteiger partial charge in [0.1, 0.15) is 6.33 Å². The highest BCUT2D eigenvalue weighted by molar-refractivity contribution is 6.30. The Kier molecular flexibility index (Phi) is 4.33. The molecule has 0 saturated heterocycles. The molecule has 7 heteroatoms. The average Bonchev–Trinajstić information content (AvgIpc) is 3.01. The van der Waals surface area contributed by atoms with Crippen LogP contribution in [-0.2, 0) is 0 Å². The molecule has 4 rings (SSSR count). The van der Waals surface area contributed by atoms with Crippen LogP contribution in [-0.4, -0.2) is 26.0 Å². The second kappa shape index (κ2) is 6.93. The summed E-state index contributed by atoms with van der Waals surface area (Å²) in [5.74, 6) is 0.611. The van der Waals surface area contributed by atoms with Gasteiger partial charge in [-0.15, -0.1) is 0 Å². The maximum Gasteiger partial charge on any atom is 0.168 e. The first-order chi connectivity index (χ1) is 12.7. The van der Waals surface area contributed by atoms with Crippen LogP contribution >= 0.6 is 11.6 Å². The average molecular weight is 363 g/mol. The van der Waals surface area contributed by atoms with Crippen LogP contribution in [0.15, 0.2) is 66.0 Å². The van der Waals surface area contributed by atoms with Crippen molar-refractivity contribution in [2.75, 3.05) is 5.43 Å². The fraction of sp³-hybridized carbons (Fsp3) is 0.0526. The van der Waals surface area contributed by atoms with Gasteiger partial charge in [0, 0.05) is 5.02 Å². The Morgan fingerprint density at radius 3 is 2.58 bits per heavy atom. The van der Waals surface area contributed by atoms with E-state index in [0.717, 1.165) is 22.3 Å². The van der Waals surface area contributed by atoms with Crippen LogP contribution in [0.2, 0.25) is 5.02 Å². The van der Waals surface area contributed by atoms with E-state index in [1.54, 1.807) is 10.9 Å². The van der Waals surface area contributed by atoms with Crippen molar-refractivity contribution in [3.8, 4) is 5.69 Å². The second-order valence-electron chi connectivity index (χ2n) is 5.68. The molecule has 0 fully saturated rings. The van der Waals surface area contributed by atoms with Crippen molar-refractivity contribution in [2.45, 2.75) is 6.92 Å². The van der Waals surface area contributed by atoms with Gasteiger partial charge < -0.3 is 0 Å². The summed E-state index contributed by atoms with van der Waals surface area (Å²) in [5, 5.41) is 10.4. The van der Waals surface area contributed by atoms with E-state index >= 15 is 0 Å². The zero-order valence-corrected chi connectivity index (χ0v) is 14.7. The number of aromatic nitrogens is 4.